The van der Waals surface area contributed by atoms with Crippen LogP contribution >= 0.6 is 23.4 Å². The van der Waals surface area contributed by atoms with Gasteiger partial charge >= 0.3 is 0 Å². The fourth-order valence-corrected chi connectivity index (χ4v) is 4.27. The van der Waals surface area contributed by atoms with Gasteiger partial charge in [-0.15, -0.1) is 16.9 Å². The van der Waals surface area contributed by atoms with E-state index in [1.165, 1.54) is 23.0 Å². The SMILES string of the molecule is CN1C(=O)[C@@H](NC(=O)c2ncn(Cc3ccccc3)n2)CSc2cc(Cl)ncc21. The predicted molar refractivity (Wildman–Crippen MR) is 110 cm³/mol. The zero-order valence-electron chi connectivity index (χ0n) is 15.4. The Labute approximate surface area is 176 Å². The Balaban J connectivity index is 1.45. The van der Waals surface area contributed by atoms with E-state index >= 15 is 0 Å². The zero-order valence-corrected chi connectivity index (χ0v) is 17.0. The van der Waals surface area contributed by atoms with Crippen LogP contribution in [0.2, 0.25) is 5.15 Å². The number of hydrogen-bond donors (Lipinski definition) is 1. The van der Waals surface area contributed by atoms with Crippen molar-refractivity contribution in [3.8, 4) is 0 Å². The molecule has 0 bridgehead atoms. The topological polar surface area (TPSA) is 93.0 Å². The third kappa shape index (κ3) is 4.25. The Hall–Kier alpha value is -2.91. The molecule has 0 saturated carbocycles. The lowest BCUT2D eigenvalue weighted by molar-refractivity contribution is -0.119. The van der Waals surface area contributed by atoms with Crippen molar-refractivity contribution in [1.82, 2.24) is 25.1 Å². The van der Waals surface area contributed by atoms with E-state index in [1.807, 2.05) is 30.3 Å². The molecule has 1 atom stereocenters. The zero-order chi connectivity index (χ0) is 20.4. The number of aromatic nitrogens is 4. The molecular formula is C19H17ClN6O2S. The number of nitrogens with zero attached hydrogens (tertiary/aromatic N) is 5. The van der Waals surface area contributed by atoms with Crippen LogP contribution in [-0.4, -0.2) is 50.4 Å². The first-order valence-corrected chi connectivity index (χ1v) is 10.2. The van der Waals surface area contributed by atoms with Gasteiger partial charge in [-0.2, -0.15) is 0 Å². The number of pyridine rings is 1. The average molecular weight is 429 g/mol. The minimum atomic E-state index is -0.718. The largest absolute Gasteiger partial charge is 0.337 e. The predicted octanol–water partition coefficient (Wildman–Crippen LogP) is 2.24. The summed E-state index contributed by atoms with van der Waals surface area (Å²) in [6.45, 7) is 0.505. The highest BCUT2D eigenvalue weighted by Gasteiger charge is 2.31. The van der Waals surface area contributed by atoms with E-state index in [2.05, 4.69) is 20.4 Å². The van der Waals surface area contributed by atoms with E-state index in [0.717, 1.165) is 10.5 Å². The number of rotatable bonds is 4. The van der Waals surface area contributed by atoms with Crippen molar-refractivity contribution in [3.05, 3.63) is 65.5 Å². The minimum absolute atomic E-state index is 0.0212. The maximum atomic E-state index is 12.8. The van der Waals surface area contributed by atoms with E-state index < -0.39 is 11.9 Å². The van der Waals surface area contributed by atoms with Gasteiger partial charge < -0.3 is 10.2 Å². The maximum Gasteiger partial charge on any atom is 0.291 e. The molecule has 0 radical (unpaired) electrons. The molecule has 1 aliphatic heterocycles. The summed E-state index contributed by atoms with van der Waals surface area (Å²) in [5, 5.41) is 7.32. The van der Waals surface area contributed by atoms with E-state index in [1.54, 1.807) is 24.0 Å². The van der Waals surface area contributed by atoms with E-state index in [0.29, 0.717) is 23.1 Å². The quantitative estimate of drug-likeness (QED) is 0.640. The molecule has 1 aliphatic rings. The third-order valence-corrected chi connectivity index (χ3v) is 5.79. The van der Waals surface area contributed by atoms with Crippen LogP contribution in [0.25, 0.3) is 0 Å². The summed E-state index contributed by atoms with van der Waals surface area (Å²) < 4.78 is 1.59. The highest BCUT2D eigenvalue weighted by atomic mass is 35.5. The first kappa shape index (κ1) is 19.4. The third-order valence-electron chi connectivity index (χ3n) is 4.44. The van der Waals surface area contributed by atoms with Crippen LogP contribution < -0.4 is 10.2 Å². The molecule has 3 aromatic rings. The van der Waals surface area contributed by atoms with Crippen LogP contribution in [0.15, 0.2) is 53.8 Å². The molecule has 148 valence electrons. The average Bonchev–Trinajstić information content (AvgIpc) is 3.15. The summed E-state index contributed by atoms with van der Waals surface area (Å²) >= 11 is 7.39. The van der Waals surface area contributed by atoms with Gasteiger partial charge in [0, 0.05) is 17.7 Å². The summed E-state index contributed by atoms with van der Waals surface area (Å²) in [6.07, 6.45) is 3.06. The number of nitrogens with one attached hydrogen (secondary N) is 1. The van der Waals surface area contributed by atoms with Crippen molar-refractivity contribution in [1.29, 1.82) is 0 Å². The Morgan fingerprint density at radius 2 is 2.10 bits per heavy atom. The van der Waals surface area contributed by atoms with Gasteiger partial charge in [0.05, 0.1) is 18.4 Å². The molecule has 0 aliphatic carbocycles. The number of likely N-dealkylation sites (N-methyl/N-ethyl adjacent to an activating group) is 1. The van der Waals surface area contributed by atoms with Gasteiger partial charge in [-0.05, 0) is 11.6 Å². The van der Waals surface area contributed by atoms with Crippen molar-refractivity contribution in [3.63, 3.8) is 0 Å². The Morgan fingerprint density at radius 3 is 2.90 bits per heavy atom. The normalized spacial score (nSPS) is 16.3. The van der Waals surface area contributed by atoms with Gasteiger partial charge in [0.25, 0.3) is 5.91 Å². The first-order valence-electron chi connectivity index (χ1n) is 8.81. The highest BCUT2D eigenvalue weighted by molar-refractivity contribution is 7.99. The maximum absolute atomic E-state index is 12.8. The molecule has 1 aromatic carbocycles. The molecule has 10 heteroatoms. The fourth-order valence-electron chi connectivity index (χ4n) is 2.94. The summed E-state index contributed by atoms with van der Waals surface area (Å²) in [4.78, 5) is 35.8. The number of thioether (sulfide) groups is 1. The number of hydrogen-bond acceptors (Lipinski definition) is 6. The van der Waals surface area contributed by atoms with Crippen LogP contribution in [0, 0.1) is 0 Å². The molecule has 0 unspecified atom stereocenters. The van der Waals surface area contributed by atoms with Gasteiger partial charge in [0.1, 0.15) is 17.5 Å². The van der Waals surface area contributed by atoms with E-state index in [-0.39, 0.29) is 11.7 Å². The van der Waals surface area contributed by atoms with Crippen molar-refractivity contribution in [2.75, 3.05) is 17.7 Å². The molecule has 29 heavy (non-hydrogen) atoms. The van der Waals surface area contributed by atoms with Crippen molar-refractivity contribution < 1.29 is 9.59 Å². The summed E-state index contributed by atoms with van der Waals surface area (Å²) in [6, 6.07) is 10.7. The van der Waals surface area contributed by atoms with Crippen LogP contribution in [0.5, 0.6) is 0 Å². The molecule has 3 heterocycles. The van der Waals surface area contributed by atoms with Crippen molar-refractivity contribution in [2.24, 2.45) is 0 Å². The van der Waals surface area contributed by atoms with Crippen LogP contribution in [0.1, 0.15) is 16.2 Å². The lowest BCUT2D eigenvalue weighted by Crippen LogP contribution is -2.48. The van der Waals surface area contributed by atoms with E-state index in [4.69, 9.17) is 11.6 Å². The molecule has 2 amide bonds. The molecule has 4 rings (SSSR count). The Kier molecular flexibility index (Phi) is 5.50. The smallest absolute Gasteiger partial charge is 0.291 e. The standard InChI is InChI=1S/C19H17ClN6O2S/c1-25-14-8-21-16(20)7-15(14)29-10-13(19(25)28)23-18(27)17-22-11-26(24-17)9-12-5-3-2-4-6-12/h2-8,11,13H,9-10H2,1H3,(H,23,27)/t13-/m0/s1. The Morgan fingerprint density at radius 1 is 1.31 bits per heavy atom. The number of anilines is 1. The number of carbonyl (C=O) groups is 2. The van der Waals surface area contributed by atoms with Crippen LogP contribution in [0.4, 0.5) is 5.69 Å². The van der Waals surface area contributed by atoms with Crippen molar-refractivity contribution >= 4 is 40.9 Å². The van der Waals surface area contributed by atoms with Crippen LogP contribution in [-0.2, 0) is 11.3 Å². The first-order chi connectivity index (χ1) is 14.0. The monoisotopic (exact) mass is 428 g/mol. The van der Waals surface area contributed by atoms with Gasteiger partial charge in [-0.1, -0.05) is 41.9 Å². The molecular weight excluding hydrogens is 412 g/mol. The molecule has 1 N–H and O–H groups in total. The minimum Gasteiger partial charge on any atom is -0.337 e. The number of amides is 2. The number of benzene rings is 1. The highest BCUT2D eigenvalue weighted by Crippen LogP contribution is 2.34. The molecule has 8 nitrogen and oxygen atoms in total. The van der Waals surface area contributed by atoms with Gasteiger partial charge in [-0.3, -0.25) is 9.59 Å². The lowest BCUT2D eigenvalue weighted by Gasteiger charge is -2.20. The lowest BCUT2D eigenvalue weighted by atomic mass is 10.2. The van der Waals surface area contributed by atoms with E-state index in [9.17, 15) is 9.59 Å². The molecule has 0 spiro atoms. The van der Waals surface area contributed by atoms with Gasteiger partial charge in [0.15, 0.2) is 0 Å². The van der Waals surface area contributed by atoms with Gasteiger partial charge in [-0.25, -0.2) is 14.6 Å². The van der Waals surface area contributed by atoms with Crippen LogP contribution in [0.3, 0.4) is 0 Å². The molecule has 0 fully saturated rings. The second-order valence-electron chi connectivity index (χ2n) is 6.46. The Bertz CT molecular complexity index is 1060. The fraction of sp³-hybridized carbons (Fsp3) is 0.211. The summed E-state index contributed by atoms with van der Waals surface area (Å²) in [7, 11) is 1.65. The second kappa shape index (κ2) is 8.22. The molecule has 2 aromatic heterocycles. The van der Waals surface area contributed by atoms with Gasteiger partial charge in [0.2, 0.25) is 11.7 Å². The summed E-state index contributed by atoms with van der Waals surface area (Å²) in [5.41, 5.74) is 1.71. The second-order valence-corrected chi connectivity index (χ2v) is 7.91. The van der Waals surface area contributed by atoms with Crippen molar-refractivity contribution in [2.45, 2.75) is 17.5 Å². The summed E-state index contributed by atoms with van der Waals surface area (Å²) in [5.74, 6) is -0.343. The number of halogens is 1. The number of fused-ring (bicyclic) bond motifs is 1. The molecule has 0 saturated heterocycles. The number of carbonyl (C=O) groups excluding carboxylic acids is 2.